The predicted molar refractivity (Wildman–Crippen MR) is 115 cm³/mol. The Morgan fingerprint density at radius 2 is 1.86 bits per heavy atom. The number of amides is 1. The number of carbonyl (C=O) groups is 1. The fourth-order valence-corrected chi connectivity index (χ4v) is 3.07. The van der Waals surface area contributed by atoms with Crippen LogP contribution in [0.1, 0.15) is 36.1 Å². The third-order valence-electron chi connectivity index (χ3n) is 4.61. The fourth-order valence-electron chi connectivity index (χ4n) is 3.07. The molecule has 0 aromatic heterocycles. The highest BCUT2D eigenvalue weighted by Gasteiger charge is 2.09. The molecule has 1 amide bonds. The number of carbonyl (C=O) groups excluding carboxylic acids is 1. The van der Waals surface area contributed by atoms with Crippen LogP contribution in [0.4, 0.5) is 0 Å². The van der Waals surface area contributed by atoms with Crippen LogP contribution in [-0.2, 0) is 11.2 Å². The first-order valence-corrected chi connectivity index (χ1v) is 9.50. The van der Waals surface area contributed by atoms with Gasteiger partial charge >= 0.3 is 0 Å². The van der Waals surface area contributed by atoms with Crippen LogP contribution in [-0.4, -0.2) is 18.2 Å². The molecule has 0 heterocycles. The molecule has 0 bridgehead atoms. The van der Waals surface area contributed by atoms with Gasteiger partial charge in [0.1, 0.15) is 5.75 Å². The van der Waals surface area contributed by atoms with Crippen molar-refractivity contribution in [2.45, 2.75) is 40.2 Å². The van der Waals surface area contributed by atoms with Crippen molar-refractivity contribution in [1.82, 2.24) is 5.43 Å². The van der Waals surface area contributed by atoms with Crippen LogP contribution in [0.25, 0.3) is 10.8 Å². The summed E-state index contributed by atoms with van der Waals surface area (Å²) < 4.78 is 5.93. The molecule has 3 aromatic carbocycles. The van der Waals surface area contributed by atoms with E-state index in [2.05, 4.69) is 17.5 Å². The number of hydrogen-bond donors (Lipinski definition) is 1. The highest BCUT2D eigenvalue weighted by molar-refractivity contribution is 6.02. The van der Waals surface area contributed by atoms with Crippen molar-refractivity contribution in [3.8, 4) is 5.75 Å². The summed E-state index contributed by atoms with van der Waals surface area (Å²) >= 11 is 0. The van der Waals surface area contributed by atoms with Crippen molar-refractivity contribution in [2.75, 3.05) is 0 Å². The molecule has 3 aromatic rings. The number of hydrogen-bond acceptors (Lipinski definition) is 3. The van der Waals surface area contributed by atoms with E-state index in [1.165, 1.54) is 11.1 Å². The molecule has 0 aliphatic carbocycles. The monoisotopic (exact) mass is 374 g/mol. The Bertz CT molecular complexity index is 1020. The van der Waals surface area contributed by atoms with Gasteiger partial charge < -0.3 is 4.74 Å². The Morgan fingerprint density at radius 3 is 2.61 bits per heavy atom. The van der Waals surface area contributed by atoms with Gasteiger partial charge in [-0.05, 0) is 61.2 Å². The Labute approximate surface area is 166 Å². The molecular formula is C24H26N2O2. The lowest BCUT2D eigenvalue weighted by molar-refractivity contribution is -0.120. The number of nitrogens with zero attached hydrogens (tertiary/aromatic N) is 1. The summed E-state index contributed by atoms with van der Waals surface area (Å²) in [6.07, 6.45) is 2.01. The van der Waals surface area contributed by atoms with Crippen LogP contribution in [0.3, 0.4) is 0 Å². The molecule has 1 N–H and O–H groups in total. The summed E-state index contributed by atoms with van der Waals surface area (Å²) in [7, 11) is 0. The SMILES string of the molecule is Cc1ccc(CC(=O)NN=Cc2c(OC(C)C)ccc3ccccc23)cc1C. The summed E-state index contributed by atoms with van der Waals surface area (Å²) in [6, 6.07) is 18.1. The Morgan fingerprint density at radius 1 is 1.07 bits per heavy atom. The average molecular weight is 374 g/mol. The quantitative estimate of drug-likeness (QED) is 0.491. The lowest BCUT2D eigenvalue weighted by Crippen LogP contribution is -2.20. The van der Waals surface area contributed by atoms with Gasteiger partial charge in [0.2, 0.25) is 5.91 Å². The third kappa shape index (κ3) is 4.77. The molecule has 28 heavy (non-hydrogen) atoms. The number of fused-ring (bicyclic) bond motifs is 1. The van der Waals surface area contributed by atoms with Gasteiger partial charge in [0.15, 0.2) is 0 Å². The maximum atomic E-state index is 12.3. The van der Waals surface area contributed by atoms with E-state index >= 15 is 0 Å². The van der Waals surface area contributed by atoms with Crippen molar-refractivity contribution < 1.29 is 9.53 Å². The molecule has 0 aliphatic rings. The molecule has 0 spiro atoms. The normalized spacial score (nSPS) is 11.3. The smallest absolute Gasteiger partial charge is 0.244 e. The second kappa shape index (κ2) is 8.70. The van der Waals surface area contributed by atoms with Crippen LogP contribution in [0.5, 0.6) is 5.75 Å². The summed E-state index contributed by atoms with van der Waals surface area (Å²) in [5.41, 5.74) is 6.87. The first-order chi connectivity index (χ1) is 13.4. The molecule has 0 saturated heterocycles. The lowest BCUT2D eigenvalue weighted by Gasteiger charge is -2.14. The Hall–Kier alpha value is -3.14. The minimum atomic E-state index is -0.147. The van der Waals surface area contributed by atoms with Gasteiger partial charge in [0, 0.05) is 5.56 Å². The van der Waals surface area contributed by atoms with E-state index in [-0.39, 0.29) is 12.0 Å². The standard InChI is InChI=1S/C24H26N2O2/c1-16(2)28-23-12-11-20-7-5-6-8-21(20)22(23)15-25-26-24(27)14-19-10-9-17(3)18(4)13-19/h5-13,15-16H,14H2,1-4H3,(H,26,27). The van der Waals surface area contributed by atoms with Gasteiger partial charge in [-0.15, -0.1) is 0 Å². The zero-order chi connectivity index (χ0) is 20.1. The van der Waals surface area contributed by atoms with Crippen molar-refractivity contribution >= 4 is 22.9 Å². The molecule has 144 valence electrons. The van der Waals surface area contributed by atoms with Gasteiger partial charge in [-0.1, -0.05) is 48.5 Å². The molecule has 0 aliphatic heterocycles. The van der Waals surface area contributed by atoms with E-state index in [9.17, 15) is 4.79 Å². The van der Waals surface area contributed by atoms with Crippen molar-refractivity contribution in [1.29, 1.82) is 0 Å². The van der Waals surface area contributed by atoms with Gasteiger partial charge in [0.25, 0.3) is 0 Å². The number of aryl methyl sites for hydroxylation is 2. The molecule has 0 atom stereocenters. The fraction of sp³-hybridized carbons (Fsp3) is 0.250. The zero-order valence-electron chi connectivity index (χ0n) is 16.8. The van der Waals surface area contributed by atoms with Crippen molar-refractivity contribution in [2.24, 2.45) is 5.10 Å². The molecule has 0 unspecified atom stereocenters. The minimum absolute atomic E-state index is 0.0488. The van der Waals surface area contributed by atoms with Crippen molar-refractivity contribution in [3.05, 3.63) is 76.9 Å². The van der Waals surface area contributed by atoms with Crippen LogP contribution in [0.15, 0.2) is 59.7 Å². The number of nitrogens with one attached hydrogen (secondary N) is 1. The summed E-state index contributed by atoms with van der Waals surface area (Å²) in [5.74, 6) is 0.604. The van der Waals surface area contributed by atoms with Crippen LogP contribution in [0, 0.1) is 13.8 Å². The lowest BCUT2D eigenvalue weighted by atomic mass is 10.0. The summed E-state index contributed by atoms with van der Waals surface area (Å²) in [4.78, 5) is 12.3. The number of benzene rings is 3. The molecule has 4 heteroatoms. The second-order valence-corrected chi connectivity index (χ2v) is 7.25. The van der Waals surface area contributed by atoms with Crippen LogP contribution < -0.4 is 10.2 Å². The maximum Gasteiger partial charge on any atom is 0.244 e. The van der Waals surface area contributed by atoms with Gasteiger partial charge in [-0.2, -0.15) is 5.10 Å². The Kier molecular flexibility index (Phi) is 6.09. The van der Waals surface area contributed by atoms with Crippen LogP contribution in [0.2, 0.25) is 0 Å². The maximum absolute atomic E-state index is 12.3. The van der Waals surface area contributed by atoms with Gasteiger partial charge in [0.05, 0.1) is 18.7 Å². The second-order valence-electron chi connectivity index (χ2n) is 7.25. The van der Waals surface area contributed by atoms with E-state index < -0.39 is 0 Å². The average Bonchev–Trinajstić information content (AvgIpc) is 2.66. The highest BCUT2D eigenvalue weighted by atomic mass is 16.5. The van der Waals surface area contributed by atoms with Crippen LogP contribution >= 0.6 is 0 Å². The number of hydrazone groups is 1. The third-order valence-corrected chi connectivity index (χ3v) is 4.61. The predicted octanol–water partition coefficient (Wildman–Crippen LogP) is 4.94. The first-order valence-electron chi connectivity index (χ1n) is 9.50. The molecule has 4 nitrogen and oxygen atoms in total. The largest absolute Gasteiger partial charge is 0.490 e. The van der Waals surface area contributed by atoms with E-state index in [0.29, 0.717) is 6.42 Å². The molecule has 0 fully saturated rings. The molecular weight excluding hydrogens is 348 g/mol. The van der Waals surface area contributed by atoms with Gasteiger partial charge in [-0.3, -0.25) is 4.79 Å². The minimum Gasteiger partial charge on any atom is -0.490 e. The van der Waals surface area contributed by atoms with E-state index in [1.54, 1.807) is 6.21 Å². The molecule has 0 saturated carbocycles. The van der Waals surface area contributed by atoms with Crippen molar-refractivity contribution in [3.63, 3.8) is 0 Å². The number of rotatable bonds is 6. The summed E-state index contributed by atoms with van der Waals surface area (Å²) in [6.45, 7) is 8.08. The molecule has 3 rings (SSSR count). The molecule has 0 radical (unpaired) electrons. The number of ether oxygens (including phenoxy) is 1. The Balaban J connectivity index is 1.78. The van der Waals surface area contributed by atoms with Gasteiger partial charge in [-0.25, -0.2) is 5.43 Å². The zero-order valence-corrected chi connectivity index (χ0v) is 16.8. The van der Waals surface area contributed by atoms with E-state index in [1.807, 2.05) is 75.4 Å². The first kappa shape index (κ1) is 19.6. The topological polar surface area (TPSA) is 50.7 Å². The van der Waals surface area contributed by atoms with E-state index in [0.717, 1.165) is 27.6 Å². The summed E-state index contributed by atoms with van der Waals surface area (Å²) in [5, 5.41) is 6.32. The highest BCUT2D eigenvalue weighted by Crippen LogP contribution is 2.27. The van der Waals surface area contributed by atoms with E-state index in [4.69, 9.17) is 4.74 Å².